The first-order valence-electron chi connectivity index (χ1n) is 24.9. The van der Waals surface area contributed by atoms with Gasteiger partial charge in [0.2, 0.25) is 29.5 Å². The summed E-state index contributed by atoms with van der Waals surface area (Å²) in [5.74, 6) is -6.11. The summed E-state index contributed by atoms with van der Waals surface area (Å²) in [6.45, 7) is 2.60. The highest BCUT2D eigenvalue weighted by Crippen LogP contribution is 2.59. The number of hydrogen-bond donors (Lipinski definition) is 7. The molecular weight excluding hydrogens is 1060 g/mol. The Labute approximate surface area is 442 Å². The van der Waals surface area contributed by atoms with Crippen molar-refractivity contribution in [2.24, 2.45) is 5.73 Å². The smallest absolute Gasteiger partial charge is 0.399 e. The lowest BCUT2D eigenvalue weighted by Gasteiger charge is -2.38. The third-order valence-electron chi connectivity index (χ3n) is 14.7. The van der Waals surface area contributed by atoms with Gasteiger partial charge in [0.15, 0.2) is 0 Å². The summed E-state index contributed by atoms with van der Waals surface area (Å²) in [5.41, 5.74) is 0.727. The number of carbonyl (C=O) groups is 8. The maximum absolute atomic E-state index is 15.5. The molecular formula is C50H55ClF3N10O12P. The topological polar surface area (TPSA) is 297 Å². The van der Waals surface area contributed by atoms with Gasteiger partial charge >= 0.3 is 13.3 Å². The normalized spacial score (nSPS) is 22.1. The summed E-state index contributed by atoms with van der Waals surface area (Å²) < 4.78 is 62.2. The molecule has 5 atom stereocenters. The summed E-state index contributed by atoms with van der Waals surface area (Å²) in [6.07, 6.45) is 1.13. The van der Waals surface area contributed by atoms with Gasteiger partial charge in [-0.3, -0.25) is 58.0 Å². The maximum atomic E-state index is 15.5. The first kappa shape index (κ1) is 54.9. The van der Waals surface area contributed by atoms with Crippen LogP contribution in [0.2, 0.25) is 5.02 Å². The van der Waals surface area contributed by atoms with Crippen molar-refractivity contribution >= 4 is 83.0 Å². The largest absolute Gasteiger partial charge is 0.490 e. The van der Waals surface area contributed by atoms with Gasteiger partial charge in [0.05, 0.1) is 22.9 Å². The van der Waals surface area contributed by atoms with Crippen LogP contribution in [0.25, 0.3) is 10.9 Å². The maximum Gasteiger partial charge on any atom is 0.399 e. The number of anilines is 1. The Morgan fingerprint density at radius 2 is 1.71 bits per heavy atom. The number of rotatable bonds is 16. The highest BCUT2D eigenvalue weighted by molar-refractivity contribution is 7.52. The van der Waals surface area contributed by atoms with E-state index in [1.165, 1.54) is 23.1 Å². The van der Waals surface area contributed by atoms with E-state index in [0.29, 0.717) is 56.8 Å². The average Bonchev–Trinajstić information content (AvgIpc) is 4.11. The molecule has 27 heteroatoms. The van der Waals surface area contributed by atoms with E-state index in [2.05, 4.69) is 20.9 Å². The van der Waals surface area contributed by atoms with Gasteiger partial charge in [-0.15, -0.1) is 0 Å². The van der Waals surface area contributed by atoms with E-state index in [4.69, 9.17) is 22.1 Å². The third-order valence-corrected chi connectivity index (χ3v) is 16.1. The first-order chi connectivity index (χ1) is 36.5. The van der Waals surface area contributed by atoms with Crippen molar-refractivity contribution in [3.63, 3.8) is 0 Å². The summed E-state index contributed by atoms with van der Waals surface area (Å²) in [6, 6.07) is 7.42. The van der Waals surface area contributed by atoms with Crippen LogP contribution in [0.1, 0.15) is 87.3 Å². The van der Waals surface area contributed by atoms with Crippen LogP contribution in [0.5, 0.6) is 5.75 Å². The van der Waals surface area contributed by atoms with Crippen molar-refractivity contribution in [2.75, 3.05) is 57.8 Å². The predicted molar refractivity (Wildman–Crippen MR) is 269 cm³/mol. The lowest BCUT2D eigenvalue weighted by molar-refractivity contribution is -0.143. The van der Waals surface area contributed by atoms with Crippen LogP contribution in [-0.4, -0.2) is 165 Å². The Balaban J connectivity index is 0.823. The van der Waals surface area contributed by atoms with Crippen molar-refractivity contribution in [1.82, 2.24) is 40.5 Å². The Morgan fingerprint density at radius 3 is 2.43 bits per heavy atom. The molecule has 8 N–H and O–H groups in total. The molecule has 3 aromatic carbocycles. The fourth-order valence-corrected chi connectivity index (χ4v) is 11.5. The number of nitrogens with one attached hydrogen (secondary N) is 4. The Bertz CT molecular complexity index is 3130. The number of alkyl halides is 2. The van der Waals surface area contributed by atoms with Crippen LogP contribution < -0.4 is 31.3 Å². The predicted octanol–water partition coefficient (Wildman–Crippen LogP) is 2.53. The molecule has 8 amide bonds. The number of piperazine rings is 1. The van der Waals surface area contributed by atoms with E-state index < -0.39 is 102 Å². The number of amides is 8. The number of likely N-dealkylation sites (N-methyl/N-ethyl adjacent to an activating group) is 1. The molecule has 0 aliphatic carbocycles. The summed E-state index contributed by atoms with van der Waals surface area (Å²) >= 11 is 6.97. The van der Waals surface area contributed by atoms with Gasteiger partial charge in [-0.1, -0.05) is 23.7 Å². The van der Waals surface area contributed by atoms with E-state index in [1.807, 2.05) is 20.8 Å². The molecule has 6 heterocycles. The minimum absolute atomic E-state index is 0.0590. The second-order valence-electron chi connectivity index (χ2n) is 20.0. The molecule has 0 saturated carbocycles. The first-order valence-corrected chi connectivity index (χ1v) is 26.9. The number of ether oxygens (including phenoxy) is 1. The Hall–Kier alpha value is -6.89. The number of aromatic amines is 1. The number of imide groups is 2. The molecule has 5 aliphatic rings. The molecule has 0 bridgehead atoms. The molecule has 5 aliphatic heterocycles. The number of halogens is 4. The van der Waals surface area contributed by atoms with Crippen LogP contribution in [0.4, 0.5) is 18.9 Å². The SMILES string of the molecule is CN1CC[C@H]2CC[C@@H](C(=O)N[C@@H](CCC(N)=O)COc3cccc(N4CCN(Cc5cc(F)c6c(c5)C(=O)N(C5CCC(=O)NC5=O)C6=O)CC4)c3Cl)N2C(=O)[C@@H](NC(=O)c2cc3cc(C(F)(F)P(=O)(O)O)ccc3[nH]2)C1. The van der Waals surface area contributed by atoms with E-state index in [-0.39, 0.29) is 90.8 Å². The zero-order chi connectivity index (χ0) is 55.2. The van der Waals surface area contributed by atoms with Crippen molar-refractivity contribution in [3.8, 4) is 5.75 Å². The number of H-pyrrole nitrogens is 1. The Morgan fingerprint density at radius 1 is 0.961 bits per heavy atom. The number of carbonyl (C=O) groups excluding carboxylic acids is 8. The van der Waals surface area contributed by atoms with E-state index >= 15 is 4.39 Å². The van der Waals surface area contributed by atoms with Gasteiger partial charge in [0, 0.05) is 74.6 Å². The number of nitrogens with two attached hydrogens (primary N) is 1. The summed E-state index contributed by atoms with van der Waals surface area (Å²) in [7, 11) is -4.09. The van der Waals surface area contributed by atoms with E-state index in [1.54, 1.807) is 19.2 Å². The Kier molecular flexibility index (Phi) is 15.6. The molecule has 9 rings (SSSR count). The zero-order valence-electron chi connectivity index (χ0n) is 41.4. The highest BCUT2D eigenvalue weighted by atomic mass is 35.5. The molecule has 4 aromatic rings. The van der Waals surface area contributed by atoms with Crippen LogP contribution in [0, 0.1) is 5.82 Å². The molecule has 0 spiro atoms. The number of fused-ring (bicyclic) bond motifs is 3. The van der Waals surface area contributed by atoms with Crippen LogP contribution in [-0.2, 0) is 40.7 Å². The number of aromatic nitrogens is 1. The number of benzene rings is 3. The lowest BCUT2D eigenvalue weighted by Crippen LogP contribution is -2.60. The van der Waals surface area contributed by atoms with Gasteiger partial charge in [-0.05, 0) is 93.7 Å². The second-order valence-corrected chi connectivity index (χ2v) is 22.0. The second kappa shape index (κ2) is 21.9. The van der Waals surface area contributed by atoms with Gasteiger partial charge in [0.25, 0.3) is 17.7 Å². The number of piperidine rings is 1. The quantitative estimate of drug-likeness (QED) is 0.0627. The molecule has 410 valence electrons. The number of nitrogens with zero attached hydrogens (tertiary/aromatic N) is 5. The van der Waals surface area contributed by atoms with Gasteiger partial charge < -0.3 is 50.6 Å². The van der Waals surface area contributed by atoms with Gasteiger partial charge in [-0.2, -0.15) is 8.78 Å². The number of hydrogen-bond acceptors (Lipinski definition) is 13. The fourth-order valence-electron chi connectivity index (χ4n) is 10.7. The molecule has 4 saturated heterocycles. The van der Waals surface area contributed by atoms with Crippen molar-refractivity contribution in [3.05, 3.63) is 93.4 Å². The molecule has 77 heavy (non-hydrogen) atoms. The molecule has 22 nitrogen and oxygen atoms in total. The average molecular weight is 1110 g/mol. The van der Waals surface area contributed by atoms with Crippen LogP contribution in [0.15, 0.2) is 54.6 Å². The summed E-state index contributed by atoms with van der Waals surface area (Å²) in [5, 5.41) is 8.13. The standard InChI is InChI=1S/C50H55ClF3N10O12P/c1-60-14-13-30-7-9-37(63(30)48(71)35(24-60)58-44(67)34-22-27-21-28(5-8-33(27)57-34)50(53,54)77(73,74)75)45(68)56-29(6-11-40(55)65)25-76-39-4-2-3-36(43(39)51)62-17-15-61(16-18-62)23-26-19-31-42(32(52)20-26)49(72)64(47(31)70)38-10-12-41(66)59-46(38)69/h2-5,8,19-22,29-30,35,37-38,57H,6-7,9-18,23-25H2,1H3,(H2,55,65)(H,56,68)(H,58,67)(H,59,66,69)(H2,73,74,75)/t29-,30+,35-,37-,38?/m0/s1. The monoisotopic (exact) mass is 1110 g/mol. The van der Waals surface area contributed by atoms with Crippen molar-refractivity contribution < 1.29 is 70.6 Å². The third kappa shape index (κ3) is 11.3. The zero-order valence-corrected chi connectivity index (χ0v) is 43.1. The molecule has 1 aromatic heterocycles. The molecule has 1 unspecified atom stereocenters. The number of primary amides is 1. The van der Waals surface area contributed by atoms with E-state index in [9.17, 15) is 61.5 Å². The van der Waals surface area contributed by atoms with Crippen molar-refractivity contribution in [2.45, 2.75) is 87.4 Å². The summed E-state index contributed by atoms with van der Waals surface area (Å²) in [4.78, 5) is 135. The highest BCUT2D eigenvalue weighted by Gasteiger charge is 2.51. The molecule has 4 fully saturated rings. The minimum Gasteiger partial charge on any atom is -0.490 e. The van der Waals surface area contributed by atoms with Crippen LogP contribution >= 0.6 is 19.2 Å². The van der Waals surface area contributed by atoms with Gasteiger partial charge in [-0.25, -0.2) is 4.39 Å². The van der Waals surface area contributed by atoms with Crippen molar-refractivity contribution in [1.29, 1.82) is 0 Å². The van der Waals surface area contributed by atoms with Crippen LogP contribution in [0.3, 0.4) is 0 Å². The molecule has 0 radical (unpaired) electrons. The van der Waals surface area contributed by atoms with Gasteiger partial charge in [0.1, 0.15) is 47.0 Å². The fraction of sp³-hybridized carbons (Fsp3) is 0.440. The van der Waals surface area contributed by atoms with E-state index in [0.717, 1.165) is 23.1 Å². The minimum atomic E-state index is -5.86. The lowest BCUT2D eigenvalue weighted by atomic mass is 10.0.